The van der Waals surface area contributed by atoms with E-state index < -0.39 is 12.2 Å². The number of hydrogen-bond donors (Lipinski definition) is 3. The van der Waals surface area contributed by atoms with Crippen molar-refractivity contribution in [3.8, 4) is 0 Å². The number of aliphatic hydroxyl groups is 1. The van der Waals surface area contributed by atoms with Crippen molar-refractivity contribution in [3.05, 3.63) is 24.2 Å². The van der Waals surface area contributed by atoms with E-state index >= 15 is 0 Å². The molecule has 1 amide bonds. The monoisotopic (exact) mass is 258 g/mol. The number of rotatable bonds is 9. The lowest BCUT2D eigenvalue weighted by Gasteiger charge is -2.11. The van der Waals surface area contributed by atoms with Gasteiger partial charge in [0.15, 0.2) is 0 Å². The molecule has 4 N–H and O–H groups in total. The van der Waals surface area contributed by atoms with Crippen LogP contribution in [0.5, 0.6) is 0 Å². The van der Waals surface area contributed by atoms with E-state index in [9.17, 15) is 9.90 Å². The lowest BCUT2D eigenvalue weighted by Crippen LogP contribution is -2.33. The topological polar surface area (TPSA) is 107 Å². The van der Waals surface area contributed by atoms with E-state index in [1.807, 2.05) is 0 Å². The molecule has 0 aliphatic heterocycles. The summed E-state index contributed by atoms with van der Waals surface area (Å²) in [7, 11) is 0. The summed E-state index contributed by atoms with van der Waals surface area (Å²) in [5.74, 6) is 0.713. The largest absolute Gasteiger partial charge is 0.467 e. The van der Waals surface area contributed by atoms with E-state index in [1.54, 1.807) is 18.4 Å². The number of hydrogen-bond acceptors (Lipinski definition) is 6. The summed E-state index contributed by atoms with van der Waals surface area (Å²) in [6, 6.07) is 3.57. The Labute approximate surface area is 105 Å². The van der Waals surface area contributed by atoms with Crippen LogP contribution in [0, 0.1) is 0 Å². The maximum Gasteiger partial charge on any atom is 0.404 e. The lowest BCUT2D eigenvalue weighted by molar-refractivity contribution is 0.0223. The van der Waals surface area contributed by atoms with Crippen LogP contribution in [-0.2, 0) is 16.1 Å². The van der Waals surface area contributed by atoms with Crippen LogP contribution in [0.1, 0.15) is 5.76 Å². The van der Waals surface area contributed by atoms with Gasteiger partial charge in [0.1, 0.15) is 19.0 Å². The molecule has 0 aliphatic rings. The molecule has 102 valence electrons. The maximum atomic E-state index is 10.2. The molecule has 1 rings (SSSR count). The van der Waals surface area contributed by atoms with Gasteiger partial charge in [0, 0.05) is 13.1 Å². The van der Waals surface area contributed by atoms with Crippen LogP contribution in [0.4, 0.5) is 4.79 Å². The van der Waals surface area contributed by atoms with Crippen molar-refractivity contribution in [3.63, 3.8) is 0 Å². The highest BCUT2D eigenvalue weighted by atomic mass is 16.5. The summed E-state index contributed by atoms with van der Waals surface area (Å²) >= 11 is 0. The fraction of sp³-hybridized carbons (Fsp3) is 0.545. The first-order chi connectivity index (χ1) is 8.68. The van der Waals surface area contributed by atoms with Crippen LogP contribution in [0.2, 0.25) is 0 Å². The molecule has 7 heteroatoms. The van der Waals surface area contributed by atoms with Crippen LogP contribution in [0.25, 0.3) is 0 Å². The molecule has 0 saturated carbocycles. The Kier molecular flexibility index (Phi) is 6.85. The van der Waals surface area contributed by atoms with E-state index in [0.717, 1.165) is 0 Å². The number of furan rings is 1. The number of carbonyl (C=O) groups excluding carboxylic acids is 1. The highest BCUT2D eigenvalue weighted by Crippen LogP contribution is 2.01. The minimum atomic E-state index is -0.806. The van der Waals surface area contributed by atoms with E-state index in [-0.39, 0.29) is 13.2 Å². The number of primary amides is 1. The van der Waals surface area contributed by atoms with Gasteiger partial charge in [-0.15, -0.1) is 0 Å². The van der Waals surface area contributed by atoms with Crippen LogP contribution in [0.15, 0.2) is 22.8 Å². The smallest absolute Gasteiger partial charge is 0.404 e. The van der Waals surface area contributed by atoms with E-state index in [2.05, 4.69) is 10.1 Å². The minimum Gasteiger partial charge on any atom is -0.467 e. The molecule has 0 aliphatic carbocycles. The van der Waals surface area contributed by atoms with Crippen molar-refractivity contribution in [1.29, 1.82) is 0 Å². The zero-order valence-electron chi connectivity index (χ0n) is 10.0. The van der Waals surface area contributed by atoms with Gasteiger partial charge in [0.05, 0.1) is 19.0 Å². The fourth-order valence-electron chi connectivity index (χ4n) is 1.24. The molecule has 0 bridgehead atoms. The number of ether oxygens (including phenoxy) is 2. The van der Waals surface area contributed by atoms with Gasteiger partial charge in [0.2, 0.25) is 0 Å². The van der Waals surface area contributed by atoms with Gasteiger partial charge in [-0.1, -0.05) is 0 Å². The average molecular weight is 258 g/mol. The third-order valence-corrected chi connectivity index (χ3v) is 2.04. The third kappa shape index (κ3) is 6.89. The SMILES string of the molecule is NC(=O)OCCNCC(O)COCc1ccco1. The summed E-state index contributed by atoms with van der Waals surface area (Å²) in [6.07, 6.45) is 0.128. The van der Waals surface area contributed by atoms with E-state index in [4.69, 9.17) is 14.9 Å². The van der Waals surface area contributed by atoms with Crippen LogP contribution < -0.4 is 11.1 Å². The summed E-state index contributed by atoms with van der Waals surface area (Å²) in [6.45, 7) is 1.48. The molecule has 0 aromatic carbocycles. The van der Waals surface area contributed by atoms with Gasteiger partial charge in [-0.3, -0.25) is 0 Å². The Balaban J connectivity index is 1.93. The molecule has 0 spiro atoms. The fourth-order valence-corrected chi connectivity index (χ4v) is 1.24. The van der Waals surface area contributed by atoms with Crippen molar-refractivity contribution in [2.45, 2.75) is 12.7 Å². The predicted molar refractivity (Wildman–Crippen MR) is 62.8 cm³/mol. The highest BCUT2D eigenvalue weighted by molar-refractivity contribution is 5.64. The number of carbonyl (C=O) groups is 1. The van der Waals surface area contributed by atoms with Crippen molar-refractivity contribution < 1.29 is 23.8 Å². The Hall–Kier alpha value is -1.57. The minimum absolute atomic E-state index is 0.176. The maximum absolute atomic E-state index is 10.2. The Bertz CT molecular complexity index is 328. The second-order valence-electron chi connectivity index (χ2n) is 3.62. The zero-order chi connectivity index (χ0) is 13.2. The Morgan fingerprint density at radius 1 is 1.61 bits per heavy atom. The van der Waals surface area contributed by atoms with Crippen LogP contribution in [-0.4, -0.2) is 43.6 Å². The highest BCUT2D eigenvalue weighted by Gasteiger charge is 2.04. The van der Waals surface area contributed by atoms with E-state index in [1.165, 1.54) is 0 Å². The van der Waals surface area contributed by atoms with Gasteiger partial charge in [0.25, 0.3) is 0 Å². The lowest BCUT2D eigenvalue weighted by atomic mass is 10.4. The standard InChI is InChI=1S/C11H18N2O5/c12-11(15)18-5-3-13-6-9(14)7-16-8-10-2-1-4-17-10/h1-2,4,9,13-14H,3,5-8H2,(H2,12,15). The Morgan fingerprint density at radius 3 is 3.11 bits per heavy atom. The average Bonchev–Trinajstić information content (AvgIpc) is 2.81. The van der Waals surface area contributed by atoms with Gasteiger partial charge in [-0.05, 0) is 12.1 Å². The molecule has 7 nitrogen and oxygen atoms in total. The van der Waals surface area contributed by atoms with Crippen LogP contribution >= 0.6 is 0 Å². The summed E-state index contributed by atoms with van der Waals surface area (Å²) in [4.78, 5) is 10.2. The van der Waals surface area contributed by atoms with Gasteiger partial charge in [-0.25, -0.2) is 4.79 Å². The number of nitrogens with two attached hydrogens (primary N) is 1. The predicted octanol–water partition coefficient (Wildman–Crippen LogP) is -0.158. The summed E-state index contributed by atoms with van der Waals surface area (Å²) < 4.78 is 14.8. The first kappa shape index (κ1) is 14.5. The van der Waals surface area contributed by atoms with Crippen molar-refractivity contribution in [2.75, 3.05) is 26.3 Å². The van der Waals surface area contributed by atoms with E-state index in [0.29, 0.717) is 25.5 Å². The molecule has 18 heavy (non-hydrogen) atoms. The molecule has 1 aromatic heterocycles. The van der Waals surface area contributed by atoms with Gasteiger partial charge in [-0.2, -0.15) is 0 Å². The molecule has 1 aromatic rings. The quantitative estimate of drug-likeness (QED) is 0.531. The summed E-state index contributed by atoms with van der Waals surface area (Å²) in [5, 5.41) is 12.4. The molecule has 0 fully saturated rings. The number of nitrogens with one attached hydrogen (secondary N) is 1. The molecule has 1 heterocycles. The van der Waals surface area contributed by atoms with Crippen molar-refractivity contribution in [2.24, 2.45) is 5.73 Å². The molecule has 1 unspecified atom stereocenters. The van der Waals surface area contributed by atoms with Gasteiger partial charge < -0.3 is 30.0 Å². The summed E-state index contributed by atoms with van der Waals surface area (Å²) in [5.41, 5.74) is 4.78. The Morgan fingerprint density at radius 2 is 2.44 bits per heavy atom. The first-order valence-electron chi connectivity index (χ1n) is 5.59. The second kappa shape index (κ2) is 8.51. The van der Waals surface area contributed by atoms with Gasteiger partial charge >= 0.3 is 6.09 Å². The molecule has 0 saturated heterocycles. The number of amides is 1. The number of aliphatic hydroxyl groups excluding tert-OH is 1. The second-order valence-corrected chi connectivity index (χ2v) is 3.62. The molecule has 0 radical (unpaired) electrons. The van der Waals surface area contributed by atoms with Crippen molar-refractivity contribution in [1.82, 2.24) is 5.32 Å². The third-order valence-electron chi connectivity index (χ3n) is 2.04. The first-order valence-corrected chi connectivity index (χ1v) is 5.59. The van der Waals surface area contributed by atoms with Crippen LogP contribution in [0.3, 0.4) is 0 Å². The normalized spacial score (nSPS) is 12.3. The molecule has 1 atom stereocenters. The molecular weight excluding hydrogens is 240 g/mol. The van der Waals surface area contributed by atoms with Crippen molar-refractivity contribution >= 4 is 6.09 Å². The zero-order valence-corrected chi connectivity index (χ0v) is 10.0. The molecular formula is C11H18N2O5.